The van der Waals surface area contributed by atoms with Gasteiger partial charge in [0.2, 0.25) is 0 Å². The highest BCUT2D eigenvalue weighted by atomic mass is 16.5. The zero-order valence-electron chi connectivity index (χ0n) is 12.2. The van der Waals surface area contributed by atoms with E-state index in [1.165, 1.54) is 20.0 Å². The Bertz CT molecular complexity index is 533. The summed E-state index contributed by atoms with van der Waals surface area (Å²) in [7, 11) is 1.35. The van der Waals surface area contributed by atoms with E-state index in [0.717, 1.165) is 19.4 Å². The molecule has 1 aliphatic heterocycles. The van der Waals surface area contributed by atoms with E-state index in [1.807, 2.05) is 0 Å². The van der Waals surface area contributed by atoms with Crippen LogP contribution in [0.1, 0.15) is 36.0 Å². The lowest BCUT2D eigenvalue weighted by atomic mass is 9.90. The lowest BCUT2D eigenvalue weighted by Crippen LogP contribution is -2.53. The smallest absolute Gasteiger partial charge is 0.340 e. The van der Waals surface area contributed by atoms with Gasteiger partial charge in [-0.3, -0.25) is 0 Å². The average Bonchev–Trinajstić information content (AvgIpc) is 2.54. The Balaban J connectivity index is 1.93. The van der Waals surface area contributed by atoms with E-state index >= 15 is 0 Å². The largest absolute Gasteiger partial charge is 0.465 e. The number of nitrogens with zero attached hydrogens (tertiary/aromatic N) is 2. The van der Waals surface area contributed by atoms with E-state index in [9.17, 15) is 4.79 Å². The molecule has 1 saturated heterocycles. The molecule has 3 rings (SSSR count). The summed E-state index contributed by atoms with van der Waals surface area (Å²) in [6, 6.07) is 1.90. The minimum Gasteiger partial charge on any atom is -0.465 e. The molecule has 0 aromatic carbocycles. The molecule has 114 valence electrons. The summed E-state index contributed by atoms with van der Waals surface area (Å²) < 4.78 is 10.6. The number of hydrogen-bond donors (Lipinski definition) is 1. The molecule has 21 heavy (non-hydrogen) atoms. The molecule has 6 heteroatoms. The van der Waals surface area contributed by atoms with Crippen molar-refractivity contribution in [2.75, 3.05) is 30.9 Å². The van der Waals surface area contributed by atoms with Gasteiger partial charge in [0.15, 0.2) is 5.82 Å². The number of morpholine rings is 1. The number of hydrogen-bond acceptors (Lipinski definition) is 6. The fraction of sp³-hybridized carbons (Fsp3) is 0.600. The first-order valence-electron chi connectivity index (χ1n) is 7.43. The third kappa shape index (κ3) is 2.55. The Morgan fingerprint density at radius 1 is 1.48 bits per heavy atom. The van der Waals surface area contributed by atoms with Crippen LogP contribution < -0.4 is 10.6 Å². The van der Waals surface area contributed by atoms with Crippen molar-refractivity contribution in [2.45, 2.75) is 37.8 Å². The van der Waals surface area contributed by atoms with Crippen molar-refractivity contribution in [3.8, 4) is 0 Å². The number of carbonyl (C=O) groups is 1. The molecule has 2 fully saturated rings. The molecule has 2 atom stereocenters. The molecule has 1 aliphatic carbocycles. The monoisotopic (exact) mass is 291 g/mol. The number of fused-ring (bicyclic) bond motifs is 1. The van der Waals surface area contributed by atoms with Crippen LogP contribution in [-0.2, 0) is 9.47 Å². The molecule has 6 nitrogen and oxygen atoms in total. The number of rotatable bonds is 2. The highest BCUT2D eigenvalue weighted by Crippen LogP contribution is 2.34. The number of nitrogens with two attached hydrogens (primary N) is 1. The molecule has 0 bridgehead atoms. The van der Waals surface area contributed by atoms with Crippen LogP contribution in [0.4, 0.5) is 11.5 Å². The van der Waals surface area contributed by atoms with Crippen molar-refractivity contribution < 1.29 is 14.3 Å². The lowest BCUT2D eigenvalue weighted by molar-refractivity contribution is -0.00892. The Hall–Kier alpha value is -1.82. The maximum Gasteiger partial charge on any atom is 0.340 e. The molecule has 2 aliphatic rings. The van der Waals surface area contributed by atoms with Crippen LogP contribution in [0.15, 0.2) is 12.3 Å². The number of nitrogen functional groups attached to an aromatic ring is 1. The standard InChI is InChI=1S/C15H21N3O3/c1-20-15(19)10-6-7-17-14(13(10)16)18-8-9-21-12-5-3-2-4-11(12)18/h6-7,11-12H,2-5,8-9,16H2,1H3. The predicted molar refractivity (Wildman–Crippen MR) is 79.3 cm³/mol. The Kier molecular flexibility index (Phi) is 3.96. The van der Waals surface area contributed by atoms with Gasteiger partial charge in [-0.05, 0) is 18.9 Å². The van der Waals surface area contributed by atoms with Crippen molar-refractivity contribution in [1.82, 2.24) is 4.98 Å². The maximum atomic E-state index is 11.8. The molecule has 2 unspecified atom stereocenters. The Morgan fingerprint density at radius 3 is 3.10 bits per heavy atom. The van der Waals surface area contributed by atoms with Gasteiger partial charge in [0.25, 0.3) is 0 Å². The summed E-state index contributed by atoms with van der Waals surface area (Å²) in [6.07, 6.45) is 6.42. The van der Waals surface area contributed by atoms with Crippen molar-refractivity contribution >= 4 is 17.5 Å². The third-order valence-electron chi connectivity index (χ3n) is 4.38. The van der Waals surface area contributed by atoms with Crippen molar-refractivity contribution in [3.05, 3.63) is 17.8 Å². The molecular formula is C15H21N3O3. The summed E-state index contributed by atoms with van der Waals surface area (Å²) in [5, 5.41) is 0. The zero-order chi connectivity index (χ0) is 14.8. The van der Waals surface area contributed by atoms with Crippen LogP contribution in [0.5, 0.6) is 0 Å². The number of pyridine rings is 1. The number of carbonyl (C=O) groups excluding carboxylic acids is 1. The first-order chi connectivity index (χ1) is 10.2. The van der Waals surface area contributed by atoms with Crippen LogP contribution in [0.3, 0.4) is 0 Å². The summed E-state index contributed by atoms with van der Waals surface area (Å²) >= 11 is 0. The minimum absolute atomic E-state index is 0.246. The van der Waals surface area contributed by atoms with Gasteiger partial charge in [-0.1, -0.05) is 12.8 Å². The number of ether oxygens (including phenoxy) is 2. The second kappa shape index (κ2) is 5.89. The van der Waals surface area contributed by atoms with Gasteiger partial charge in [-0.15, -0.1) is 0 Å². The summed E-state index contributed by atoms with van der Waals surface area (Å²) in [5.41, 5.74) is 6.94. The third-order valence-corrected chi connectivity index (χ3v) is 4.38. The Labute approximate surface area is 124 Å². The molecule has 1 saturated carbocycles. The van der Waals surface area contributed by atoms with Crippen molar-refractivity contribution in [1.29, 1.82) is 0 Å². The van der Waals surface area contributed by atoms with E-state index in [2.05, 4.69) is 9.88 Å². The fourth-order valence-electron chi connectivity index (χ4n) is 3.34. The second-order valence-electron chi connectivity index (χ2n) is 5.54. The second-order valence-corrected chi connectivity index (χ2v) is 5.54. The molecule has 1 aromatic heterocycles. The van der Waals surface area contributed by atoms with Crippen LogP contribution in [0.2, 0.25) is 0 Å². The Morgan fingerprint density at radius 2 is 2.29 bits per heavy atom. The van der Waals surface area contributed by atoms with Crippen LogP contribution in [0.25, 0.3) is 0 Å². The van der Waals surface area contributed by atoms with Gasteiger partial charge in [0, 0.05) is 12.7 Å². The first kappa shape index (κ1) is 14.1. The van der Waals surface area contributed by atoms with Crippen LogP contribution >= 0.6 is 0 Å². The molecule has 0 spiro atoms. The molecule has 0 radical (unpaired) electrons. The van der Waals surface area contributed by atoms with Gasteiger partial charge in [0.05, 0.1) is 37.1 Å². The van der Waals surface area contributed by atoms with E-state index in [0.29, 0.717) is 29.7 Å². The highest BCUT2D eigenvalue weighted by Gasteiger charge is 2.36. The van der Waals surface area contributed by atoms with Crippen molar-refractivity contribution in [3.63, 3.8) is 0 Å². The topological polar surface area (TPSA) is 77.7 Å². The first-order valence-corrected chi connectivity index (χ1v) is 7.43. The van der Waals surface area contributed by atoms with Gasteiger partial charge in [0.1, 0.15) is 0 Å². The molecule has 0 amide bonds. The normalized spacial score (nSPS) is 25.3. The van der Waals surface area contributed by atoms with E-state index < -0.39 is 5.97 Å². The summed E-state index contributed by atoms with van der Waals surface area (Å²) in [4.78, 5) is 18.4. The SMILES string of the molecule is COC(=O)c1ccnc(N2CCOC3CCCCC32)c1N. The summed E-state index contributed by atoms with van der Waals surface area (Å²) in [6.45, 7) is 1.42. The van der Waals surface area contributed by atoms with Gasteiger partial charge < -0.3 is 20.1 Å². The zero-order valence-corrected chi connectivity index (χ0v) is 12.2. The van der Waals surface area contributed by atoms with Crippen molar-refractivity contribution in [2.24, 2.45) is 0 Å². The number of esters is 1. The van der Waals surface area contributed by atoms with Gasteiger partial charge >= 0.3 is 5.97 Å². The van der Waals surface area contributed by atoms with E-state index in [4.69, 9.17) is 15.2 Å². The van der Waals surface area contributed by atoms with Gasteiger partial charge in [-0.25, -0.2) is 9.78 Å². The minimum atomic E-state index is -0.426. The lowest BCUT2D eigenvalue weighted by Gasteiger charge is -2.44. The number of anilines is 2. The van der Waals surface area contributed by atoms with Crippen LogP contribution in [0, 0.1) is 0 Å². The molecular weight excluding hydrogens is 270 g/mol. The summed E-state index contributed by atoms with van der Waals surface area (Å²) in [5.74, 6) is 0.253. The molecule has 2 heterocycles. The number of methoxy groups -OCH3 is 1. The quantitative estimate of drug-likeness (QED) is 0.834. The van der Waals surface area contributed by atoms with Gasteiger partial charge in [-0.2, -0.15) is 0 Å². The van der Waals surface area contributed by atoms with E-state index in [-0.39, 0.29) is 6.10 Å². The highest BCUT2D eigenvalue weighted by molar-refractivity contribution is 5.97. The molecule has 1 aromatic rings. The van der Waals surface area contributed by atoms with E-state index in [1.54, 1.807) is 12.3 Å². The van der Waals surface area contributed by atoms with Crippen LogP contribution in [-0.4, -0.2) is 43.4 Å². The average molecular weight is 291 g/mol. The predicted octanol–water partition coefficient (Wildman–Crippen LogP) is 1.60. The fourth-order valence-corrected chi connectivity index (χ4v) is 3.34. The maximum absolute atomic E-state index is 11.8. The molecule has 2 N–H and O–H groups in total. The number of aromatic nitrogens is 1.